The minimum absolute atomic E-state index is 0.0664. The zero-order chi connectivity index (χ0) is 25.3. The lowest BCUT2D eigenvalue weighted by Gasteiger charge is -2.35. The maximum absolute atomic E-state index is 14.6. The predicted octanol–water partition coefficient (Wildman–Crippen LogP) is 1.97. The summed E-state index contributed by atoms with van der Waals surface area (Å²) in [5, 5.41) is 0.327. The van der Waals surface area contributed by atoms with Gasteiger partial charge in [-0.1, -0.05) is 12.1 Å². The second-order valence-corrected chi connectivity index (χ2v) is 9.28. The van der Waals surface area contributed by atoms with E-state index in [0.29, 0.717) is 10.9 Å². The van der Waals surface area contributed by atoms with Gasteiger partial charge in [-0.3, -0.25) is 24.1 Å². The number of ether oxygens (including phenoxy) is 1. The number of amides is 2. The van der Waals surface area contributed by atoms with Crippen LogP contribution in [0.3, 0.4) is 0 Å². The Hall–Kier alpha value is -4.02. The zero-order valence-corrected chi connectivity index (χ0v) is 19.7. The summed E-state index contributed by atoms with van der Waals surface area (Å²) in [7, 11) is 0. The van der Waals surface area contributed by atoms with Gasteiger partial charge in [0.2, 0.25) is 0 Å². The molecule has 0 aliphatic carbocycles. The Balaban J connectivity index is 1.53. The van der Waals surface area contributed by atoms with Crippen LogP contribution in [0, 0.1) is 5.82 Å². The lowest BCUT2D eigenvalue weighted by atomic mass is 10.1. The van der Waals surface area contributed by atoms with Crippen molar-refractivity contribution in [3.05, 3.63) is 74.4 Å². The summed E-state index contributed by atoms with van der Waals surface area (Å²) in [4.78, 5) is 59.1. The first-order valence-corrected chi connectivity index (χ1v) is 11.2. The van der Waals surface area contributed by atoms with Gasteiger partial charge >= 0.3 is 11.8 Å². The molecule has 0 radical (unpaired) electrons. The normalized spacial score (nSPS) is 14.3. The molecule has 1 fully saturated rings. The third kappa shape index (κ3) is 5.23. The lowest BCUT2D eigenvalue weighted by Crippen LogP contribution is -2.51. The number of nitrogens with zero attached hydrogens (tertiary/aromatic N) is 4. The number of H-pyrrole nitrogens is 1. The summed E-state index contributed by atoms with van der Waals surface area (Å²) in [5.41, 5.74) is -1.26. The molecule has 3 heterocycles. The number of piperazine rings is 1. The summed E-state index contributed by atoms with van der Waals surface area (Å²) in [5.74, 6) is -1.32. The van der Waals surface area contributed by atoms with Crippen molar-refractivity contribution < 1.29 is 18.7 Å². The third-order valence-corrected chi connectivity index (χ3v) is 5.59. The van der Waals surface area contributed by atoms with Gasteiger partial charge in [0.1, 0.15) is 5.60 Å². The molecule has 11 heteroatoms. The van der Waals surface area contributed by atoms with Gasteiger partial charge in [0.25, 0.3) is 11.5 Å². The van der Waals surface area contributed by atoms with E-state index in [1.54, 1.807) is 45.0 Å². The Kier molecular flexibility index (Phi) is 6.42. The Labute approximate surface area is 199 Å². The van der Waals surface area contributed by atoms with Crippen LogP contribution in [0.4, 0.5) is 9.18 Å². The average molecular weight is 484 g/mol. The zero-order valence-electron chi connectivity index (χ0n) is 19.7. The molecule has 1 saturated heterocycles. The van der Waals surface area contributed by atoms with Crippen LogP contribution in [0.2, 0.25) is 0 Å². The number of halogens is 1. The number of hydrogen-bond acceptors (Lipinski definition) is 6. The van der Waals surface area contributed by atoms with E-state index < -0.39 is 34.7 Å². The topological polar surface area (TPSA) is 118 Å². The van der Waals surface area contributed by atoms with Gasteiger partial charge in [-0.2, -0.15) is 0 Å². The summed E-state index contributed by atoms with van der Waals surface area (Å²) >= 11 is 0. The minimum Gasteiger partial charge on any atom is -0.444 e. The number of pyridine rings is 1. The third-order valence-electron chi connectivity index (χ3n) is 5.59. The molecular formula is C24H26FN5O5. The highest BCUT2D eigenvalue weighted by Crippen LogP contribution is 2.17. The summed E-state index contributed by atoms with van der Waals surface area (Å²) in [6.07, 6.45) is 0.485. The molecule has 184 valence electrons. The second-order valence-electron chi connectivity index (χ2n) is 9.28. The van der Waals surface area contributed by atoms with Crippen LogP contribution < -0.4 is 11.2 Å². The maximum Gasteiger partial charge on any atom is 0.410 e. The Morgan fingerprint density at radius 3 is 2.43 bits per heavy atom. The molecule has 2 amide bonds. The van der Waals surface area contributed by atoms with E-state index in [9.17, 15) is 23.6 Å². The molecule has 0 atom stereocenters. The van der Waals surface area contributed by atoms with Crippen LogP contribution in [0.15, 0.2) is 46.1 Å². The number of carbonyl (C=O) groups is 2. The van der Waals surface area contributed by atoms with E-state index in [-0.39, 0.29) is 44.0 Å². The van der Waals surface area contributed by atoms with Crippen LogP contribution in [-0.4, -0.2) is 68.1 Å². The van der Waals surface area contributed by atoms with Gasteiger partial charge in [-0.05, 0) is 39.0 Å². The fourth-order valence-electron chi connectivity index (χ4n) is 3.88. The molecule has 1 N–H and O–H groups in total. The van der Waals surface area contributed by atoms with Crippen molar-refractivity contribution >= 4 is 22.9 Å². The van der Waals surface area contributed by atoms with Gasteiger partial charge in [-0.15, -0.1) is 0 Å². The Morgan fingerprint density at radius 2 is 1.74 bits per heavy atom. The van der Waals surface area contributed by atoms with Crippen molar-refractivity contribution in [1.29, 1.82) is 0 Å². The molecule has 0 saturated carbocycles. The fraction of sp³-hybridized carbons (Fsp3) is 0.375. The van der Waals surface area contributed by atoms with Gasteiger partial charge < -0.3 is 14.5 Å². The highest BCUT2D eigenvalue weighted by molar-refractivity contribution is 5.94. The van der Waals surface area contributed by atoms with Crippen molar-refractivity contribution in [1.82, 2.24) is 24.3 Å². The molecule has 1 aliphatic heterocycles. The predicted molar refractivity (Wildman–Crippen MR) is 126 cm³/mol. The molecule has 35 heavy (non-hydrogen) atoms. The number of fused-ring (bicyclic) bond motifs is 1. The van der Waals surface area contributed by atoms with Gasteiger partial charge in [-0.25, -0.2) is 14.0 Å². The van der Waals surface area contributed by atoms with Crippen LogP contribution in [0.25, 0.3) is 10.9 Å². The quantitative estimate of drug-likeness (QED) is 0.609. The molecular weight excluding hydrogens is 457 g/mol. The van der Waals surface area contributed by atoms with E-state index >= 15 is 0 Å². The van der Waals surface area contributed by atoms with Gasteiger partial charge in [0, 0.05) is 26.2 Å². The van der Waals surface area contributed by atoms with Crippen molar-refractivity contribution in [2.45, 2.75) is 32.9 Å². The van der Waals surface area contributed by atoms with Crippen molar-refractivity contribution in [2.24, 2.45) is 0 Å². The SMILES string of the molecule is CC(C)(C)OC(=O)N1CCN(C(=O)c2cc(Cn3c(=O)[nH]c(=O)c4ccccc43)ncc2F)CC1. The maximum atomic E-state index is 14.6. The molecule has 4 rings (SSSR count). The number of carbonyl (C=O) groups excluding carboxylic acids is 2. The van der Waals surface area contributed by atoms with Crippen LogP contribution in [0.5, 0.6) is 0 Å². The average Bonchev–Trinajstić information content (AvgIpc) is 2.81. The van der Waals surface area contributed by atoms with Crippen molar-refractivity contribution in [3.8, 4) is 0 Å². The van der Waals surface area contributed by atoms with Gasteiger partial charge in [0.05, 0.1) is 34.9 Å². The number of rotatable bonds is 3. The second kappa shape index (κ2) is 9.32. The Morgan fingerprint density at radius 1 is 1.09 bits per heavy atom. The standard InChI is InChI=1S/C24H26FN5O5/c1-24(2,3)35-23(34)29-10-8-28(9-11-29)21(32)17-12-15(26-13-18(17)25)14-30-19-7-5-4-6-16(19)20(31)27-22(30)33/h4-7,12-13H,8-11,14H2,1-3H3,(H,27,31,33). The first-order valence-electron chi connectivity index (χ1n) is 11.2. The number of benzene rings is 1. The van der Waals surface area contributed by atoms with E-state index in [2.05, 4.69) is 9.97 Å². The van der Waals surface area contributed by atoms with Crippen molar-refractivity contribution in [3.63, 3.8) is 0 Å². The number of para-hydroxylation sites is 1. The van der Waals surface area contributed by atoms with Crippen molar-refractivity contribution in [2.75, 3.05) is 26.2 Å². The van der Waals surface area contributed by atoms with E-state index in [1.165, 1.54) is 20.4 Å². The molecule has 0 bridgehead atoms. The van der Waals surface area contributed by atoms with Crippen LogP contribution >= 0.6 is 0 Å². The highest BCUT2D eigenvalue weighted by atomic mass is 19.1. The molecule has 3 aromatic rings. The molecule has 0 unspecified atom stereocenters. The summed E-state index contributed by atoms with van der Waals surface area (Å²) in [6, 6.07) is 7.91. The molecule has 2 aromatic heterocycles. The van der Waals surface area contributed by atoms with E-state index in [0.717, 1.165) is 6.20 Å². The first kappa shape index (κ1) is 24.1. The molecule has 10 nitrogen and oxygen atoms in total. The first-order chi connectivity index (χ1) is 16.5. The number of aromatic nitrogens is 3. The molecule has 1 aromatic carbocycles. The number of hydrogen-bond donors (Lipinski definition) is 1. The lowest BCUT2D eigenvalue weighted by molar-refractivity contribution is 0.0140. The van der Waals surface area contributed by atoms with Crippen LogP contribution in [-0.2, 0) is 11.3 Å². The minimum atomic E-state index is -0.785. The Bertz CT molecular complexity index is 1400. The smallest absolute Gasteiger partial charge is 0.410 e. The largest absolute Gasteiger partial charge is 0.444 e. The summed E-state index contributed by atoms with van der Waals surface area (Å²) < 4.78 is 21.3. The highest BCUT2D eigenvalue weighted by Gasteiger charge is 2.29. The van der Waals surface area contributed by atoms with E-state index in [4.69, 9.17) is 4.74 Å². The number of aromatic amines is 1. The molecule has 1 aliphatic rings. The van der Waals surface area contributed by atoms with Gasteiger partial charge in [0.15, 0.2) is 5.82 Å². The van der Waals surface area contributed by atoms with E-state index in [1.807, 2.05) is 0 Å². The monoisotopic (exact) mass is 483 g/mol. The number of nitrogens with one attached hydrogen (secondary N) is 1. The molecule has 0 spiro atoms. The summed E-state index contributed by atoms with van der Waals surface area (Å²) in [6.45, 7) is 6.23. The van der Waals surface area contributed by atoms with Crippen LogP contribution in [0.1, 0.15) is 36.8 Å². The fourth-order valence-corrected chi connectivity index (χ4v) is 3.88.